The molecule has 1 unspecified atom stereocenters. The lowest BCUT2D eigenvalue weighted by atomic mass is 9.94. The highest BCUT2D eigenvalue weighted by atomic mass is 35.5. The molecule has 37 heavy (non-hydrogen) atoms. The Bertz CT molecular complexity index is 1340. The molecule has 1 N–H and O–H groups in total. The SMILES string of the molecule is COc1cc(C2C(C(=O)OC3CCCCC3)=C(C)Nc3nnnn32)ccc1OCc1ccc(Cl)cc1Cl. The van der Waals surface area contributed by atoms with Crippen LogP contribution in [0.15, 0.2) is 47.7 Å². The molecule has 1 atom stereocenters. The molecule has 0 radical (unpaired) electrons. The summed E-state index contributed by atoms with van der Waals surface area (Å²) >= 11 is 12.3. The van der Waals surface area contributed by atoms with E-state index >= 15 is 0 Å². The third-order valence-electron chi connectivity index (χ3n) is 6.66. The maximum Gasteiger partial charge on any atom is 0.338 e. The Kier molecular flexibility index (Phi) is 7.53. The number of nitrogens with one attached hydrogen (secondary N) is 1. The minimum absolute atomic E-state index is 0.0810. The topological polar surface area (TPSA) is 100 Å². The first-order chi connectivity index (χ1) is 17.9. The summed E-state index contributed by atoms with van der Waals surface area (Å²) in [5, 5.41) is 16.2. The van der Waals surface area contributed by atoms with Gasteiger partial charge >= 0.3 is 5.97 Å². The predicted octanol–water partition coefficient (Wildman–Crippen LogP) is 5.73. The van der Waals surface area contributed by atoms with Crippen LogP contribution >= 0.6 is 23.2 Å². The first-order valence-electron chi connectivity index (χ1n) is 12.2. The number of rotatable bonds is 7. The monoisotopic (exact) mass is 543 g/mol. The van der Waals surface area contributed by atoms with E-state index in [2.05, 4.69) is 20.8 Å². The second kappa shape index (κ2) is 11.0. The fourth-order valence-corrected chi connectivity index (χ4v) is 5.21. The van der Waals surface area contributed by atoms with Gasteiger partial charge in [-0.15, -0.1) is 0 Å². The lowest BCUT2D eigenvalue weighted by Gasteiger charge is -2.29. The standard InChI is InChI=1S/C26H27Cl2N5O4/c1-15-23(25(34)37-19-6-4-3-5-7-19)24(33-26(29-15)30-31-32-33)16-9-11-21(22(12-16)35-2)36-14-17-8-10-18(27)13-20(17)28/h8-13,19,24H,3-7,14H2,1-2H3,(H,29,30,32). The molecule has 11 heteroatoms. The van der Waals surface area contributed by atoms with Crippen molar-refractivity contribution >= 4 is 35.1 Å². The van der Waals surface area contributed by atoms with Crippen LogP contribution in [-0.4, -0.2) is 39.4 Å². The van der Waals surface area contributed by atoms with Crippen molar-refractivity contribution in [2.24, 2.45) is 0 Å². The normalized spacial score (nSPS) is 17.7. The average molecular weight is 544 g/mol. The number of methoxy groups -OCH3 is 1. The maximum absolute atomic E-state index is 13.4. The lowest BCUT2D eigenvalue weighted by molar-refractivity contribution is -0.146. The highest BCUT2D eigenvalue weighted by Crippen LogP contribution is 2.39. The van der Waals surface area contributed by atoms with Crippen LogP contribution in [0, 0.1) is 0 Å². The largest absolute Gasteiger partial charge is 0.493 e. The fourth-order valence-electron chi connectivity index (χ4n) is 4.75. The number of anilines is 1. The van der Waals surface area contributed by atoms with Gasteiger partial charge in [0.25, 0.3) is 0 Å². The van der Waals surface area contributed by atoms with Crippen LogP contribution in [0.25, 0.3) is 0 Å². The summed E-state index contributed by atoms with van der Waals surface area (Å²) < 4.78 is 19.2. The van der Waals surface area contributed by atoms with E-state index < -0.39 is 6.04 Å². The average Bonchev–Trinajstić information content (AvgIpc) is 3.36. The first kappa shape index (κ1) is 25.4. The number of fused-ring (bicyclic) bond motifs is 1. The first-order valence-corrected chi connectivity index (χ1v) is 12.9. The van der Waals surface area contributed by atoms with E-state index in [4.69, 9.17) is 37.4 Å². The second-order valence-corrected chi connectivity index (χ2v) is 9.96. The van der Waals surface area contributed by atoms with Crippen LogP contribution in [0.1, 0.15) is 56.2 Å². The lowest BCUT2D eigenvalue weighted by Crippen LogP contribution is -2.32. The minimum atomic E-state index is -0.601. The van der Waals surface area contributed by atoms with Crippen molar-refractivity contribution in [1.82, 2.24) is 20.2 Å². The number of nitrogens with zero attached hydrogens (tertiary/aromatic N) is 4. The third-order valence-corrected chi connectivity index (χ3v) is 7.25. The van der Waals surface area contributed by atoms with E-state index in [0.717, 1.165) is 36.8 Å². The number of hydrogen-bond donors (Lipinski definition) is 1. The van der Waals surface area contributed by atoms with E-state index in [1.807, 2.05) is 25.1 Å². The number of halogens is 2. The summed E-state index contributed by atoms with van der Waals surface area (Å²) in [6.07, 6.45) is 4.98. The molecule has 1 saturated carbocycles. The van der Waals surface area contributed by atoms with E-state index in [1.165, 1.54) is 6.42 Å². The number of tetrazole rings is 1. The summed E-state index contributed by atoms with van der Waals surface area (Å²) in [6, 6.07) is 10.1. The summed E-state index contributed by atoms with van der Waals surface area (Å²) in [6.45, 7) is 2.06. The summed E-state index contributed by atoms with van der Waals surface area (Å²) in [5.41, 5.74) is 2.64. The number of carbonyl (C=O) groups excluding carboxylic acids is 1. The van der Waals surface area contributed by atoms with E-state index in [1.54, 1.807) is 30.0 Å². The van der Waals surface area contributed by atoms with Gasteiger partial charge in [-0.3, -0.25) is 0 Å². The zero-order chi connectivity index (χ0) is 25.9. The molecule has 0 bridgehead atoms. The number of esters is 1. The van der Waals surface area contributed by atoms with Crippen molar-refractivity contribution in [3.8, 4) is 11.5 Å². The molecule has 0 amide bonds. The van der Waals surface area contributed by atoms with Crippen molar-refractivity contribution < 1.29 is 19.0 Å². The Balaban J connectivity index is 1.44. The van der Waals surface area contributed by atoms with Crippen molar-refractivity contribution in [2.45, 2.75) is 57.8 Å². The second-order valence-electron chi connectivity index (χ2n) is 9.11. The Hall–Kier alpha value is -3.30. The van der Waals surface area contributed by atoms with Crippen LogP contribution in [0.2, 0.25) is 10.0 Å². The molecule has 194 valence electrons. The van der Waals surface area contributed by atoms with Gasteiger partial charge in [-0.05, 0) is 72.9 Å². The van der Waals surface area contributed by atoms with E-state index in [0.29, 0.717) is 38.8 Å². The molecule has 2 aliphatic rings. The Morgan fingerprint density at radius 3 is 2.68 bits per heavy atom. The highest BCUT2D eigenvalue weighted by molar-refractivity contribution is 6.35. The van der Waals surface area contributed by atoms with Crippen molar-refractivity contribution in [3.63, 3.8) is 0 Å². The van der Waals surface area contributed by atoms with Gasteiger partial charge in [0.15, 0.2) is 11.5 Å². The Labute approximate surface area is 224 Å². The van der Waals surface area contributed by atoms with Gasteiger partial charge in [-0.1, -0.05) is 46.9 Å². The number of ether oxygens (including phenoxy) is 3. The van der Waals surface area contributed by atoms with Crippen molar-refractivity contribution in [3.05, 3.63) is 68.8 Å². The van der Waals surface area contributed by atoms with Gasteiger partial charge in [-0.2, -0.15) is 4.68 Å². The van der Waals surface area contributed by atoms with Gasteiger partial charge in [0, 0.05) is 21.3 Å². The number of hydrogen-bond acceptors (Lipinski definition) is 8. The molecule has 5 rings (SSSR count). The summed E-state index contributed by atoms with van der Waals surface area (Å²) in [4.78, 5) is 13.4. The molecule has 0 spiro atoms. The summed E-state index contributed by atoms with van der Waals surface area (Å²) in [5.74, 6) is 1.08. The van der Waals surface area contributed by atoms with E-state index in [-0.39, 0.29) is 18.7 Å². The quantitative estimate of drug-likeness (QED) is 0.377. The van der Waals surface area contributed by atoms with Crippen molar-refractivity contribution in [2.75, 3.05) is 12.4 Å². The molecule has 1 aliphatic carbocycles. The molecular weight excluding hydrogens is 517 g/mol. The van der Waals surface area contributed by atoms with Crippen molar-refractivity contribution in [1.29, 1.82) is 0 Å². The predicted molar refractivity (Wildman–Crippen MR) is 139 cm³/mol. The summed E-state index contributed by atoms with van der Waals surface area (Å²) in [7, 11) is 1.56. The van der Waals surface area contributed by atoms with Gasteiger partial charge < -0.3 is 19.5 Å². The van der Waals surface area contributed by atoms with Crippen LogP contribution in [0.5, 0.6) is 11.5 Å². The van der Waals surface area contributed by atoms with Gasteiger partial charge in [0.05, 0.1) is 12.7 Å². The molecule has 1 fully saturated rings. The Morgan fingerprint density at radius 2 is 1.92 bits per heavy atom. The minimum Gasteiger partial charge on any atom is -0.493 e. The van der Waals surface area contributed by atoms with Gasteiger partial charge in [0.1, 0.15) is 18.8 Å². The molecule has 2 aromatic carbocycles. The zero-order valence-corrected chi connectivity index (χ0v) is 22.1. The molecule has 9 nitrogen and oxygen atoms in total. The molecule has 1 aromatic heterocycles. The van der Waals surface area contributed by atoms with Gasteiger partial charge in [-0.25, -0.2) is 4.79 Å². The van der Waals surface area contributed by atoms with Crippen LogP contribution in [0.4, 0.5) is 5.95 Å². The fraction of sp³-hybridized carbons (Fsp3) is 0.385. The number of aromatic nitrogens is 4. The smallest absolute Gasteiger partial charge is 0.338 e. The number of carbonyl (C=O) groups is 1. The Morgan fingerprint density at radius 1 is 1.11 bits per heavy atom. The molecule has 0 saturated heterocycles. The third kappa shape index (κ3) is 5.38. The zero-order valence-electron chi connectivity index (χ0n) is 20.5. The molecule has 1 aliphatic heterocycles. The van der Waals surface area contributed by atoms with Crippen LogP contribution in [-0.2, 0) is 16.1 Å². The maximum atomic E-state index is 13.4. The molecular formula is C26H27Cl2N5O4. The molecule has 2 heterocycles. The van der Waals surface area contributed by atoms with Crippen LogP contribution in [0.3, 0.4) is 0 Å². The molecule has 3 aromatic rings. The number of benzene rings is 2. The van der Waals surface area contributed by atoms with E-state index in [9.17, 15) is 4.79 Å². The van der Waals surface area contributed by atoms with Crippen LogP contribution < -0.4 is 14.8 Å². The van der Waals surface area contributed by atoms with Gasteiger partial charge in [0.2, 0.25) is 5.95 Å². The number of allylic oxidation sites excluding steroid dienone is 1. The highest BCUT2D eigenvalue weighted by Gasteiger charge is 2.36.